The first kappa shape index (κ1) is 15.0. The lowest BCUT2D eigenvalue weighted by Gasteiger charge is -2.07. The quantitative estimate of drug-likeness (QED) is 0.709. The number of rotatable bonds is 3. The molecule has 0 spiro atoms. The highest BCUT2D eigenvalue weighted by Crippen LogP contribution is 2.33. The summed E-state index contributed by atoms with van der Waals surface area (Å²) < 4.78 is 0. The average Bonchev–Trinajstić information content (AvgIpc) is 3.00. The molecule has 0 aliphatic heterocycles. The van der Waals surface area contributed by atoms with Crippen LogP contribution in [0.25, 0.3) is 21.6 Å². The smallest absolute Gasteiger partial charge is 0.159 e. The molecule has 4 heteroatoms. The molecule has 112 valence electrons. The Balaban J connectivity index is 2.01. The molecule has 23 heavy (non-hydrogen) atoms. The minimum atomic E-state index is -0.0448. The Kier molecular flexibility index (Phi) is 3.96. The van der Waals surface area contributed by atoms with Crippen LogP contribution in [-0.2, 0) is 0 Å². The summed E-state index contributed by atoms with van der Waals surface area (Å²) in [4.78, 5) is 12.5. The maximum atomic E-state index is 11.4. The van der Waals surface area contributed by atoms with E-state index in [0.717, 1.165) is 27.3 Å². The molecule has 2 N–H and O–H groups in total. The third-order valence-corrected chi connectivity index (χ3v) is 4.68. The Labute approximate surface area is 138 Å². The lowest BCUT2D eigenvalue weighted by molar-refractivity contribution is 0.101. The number of nitriles is 1. The predicted molar refractivity (Wildman–Crippen MR) is 94.3 cm³/mol. The first-order valence-electron chi connectivity index (χ1n) is 7.09. The van der Waals surface area contributed by atoms with Crippen molar-refractivity contribution in [2.24, 2.45) is 0 Å². The highest BCUT2D eigenvalue weighted by atomic mass is 32.1. The number of ketones is 1. The van der Waals surface area contributed by atoms with Crippen LogP contribution in [0.2, 0.25) is 0 Å². The molecular weight excluding hydrogens is 304 g/mol. The number of hydrogen-bond acceptors (Lipinski definition) is 4. The van der Waals surface area contributed by atoms with Crippen molar-refractivity contribution in [3.05, 3.63) is 65.0 Å². The van der Waals surface area contributed by atoms with E-state index in [9.17, 15) is 10.1 Å². The van der Waals surface area contributed by atoms with Crippen molar-refractivity contribution in [1.82, 2.24) is 0 Å². The Bertz CT molecular complexity index is 917. The van der Waals surface area contributed by atoms with Gasteiger partial charge in [-0.3, -0.25) is 4.79 Å². The molecule has 0 aliphatic carbocycles. The molecule has 3 aromatic rings. The molecule has 0 bridgehead atoms. The minimum Gasteiger partial charge on any atom is -0.398 e. The lowest BCUT2D eigenvalue weighted by Crippen LogP contribution is -1.94. The fraction of sp³-hybridized carbons (Fsp3) is 0.0526. The van der Waals surface area contributed by atoms with Crippen molar-refractivity contribution in [3.63, 3.8) is 0 Å². The molecular formula is C19H14N2OS. The van der Waals surface area contributed by atoms with Crippen LogP contribution < -0.4 is 5.73 Å². The number of nitrogens with zero attached hydrogens (tertiary/aromatic N) is 1. The standard InChI is InChI=1S/C19H14N2OS/c1-12(22)15-6-7-17(16(10-15)11-20)13-2-4-14(5-3-13)19-18(21)8-9-23-19/h2-10H,21H2,1H3. The van der Waals surface area contributed by atoms with Gasteiger partial charge >= 0.3 is 0 Å². The van der Waals surface area contributed by atoms with Crippen molar-refractivity contribution >= 4 is 22.8 Å². The van der Waals surface area contributed by atoms with E-state index >= 15 is 0 Å². The zero-order valence-corrected chi connectivity index (χ0v) is 13.4. The highest BCUT2D eigenvalue weighted by molar-refractivity contribution is 7.14. The number of Topliss-reactive ketones (excluding diaryl/α,β-unsaturated/α-hetero) is 1. The first-order valence-corrected chi connectivity index (χ1v) is 7.97. The van der Waals surface area contributed by atoms with E-state index in [1.807, 2.05) is 41.8 Å². The Hall–Kier alpha value is -2.90. The summed E-state index contributed by atoms with van der Waals surface area (Å²) >= 11 is 1.60. The summed E-state index contributed by atoms with van der Waals surface area (Å²) in [5, 5.41) is 11.3. The normalized spacial score (nSPS) is 10.3. The van der Waals surface area contributed by atoms with Gasteiger partial charge in [-0.2, -0.15) is 5.26 Å². The fourth-order valence-corrected chi connectivity index (χ4v) is 3.29. The van der Waals surface area contributed by atoms with Gasteiger partial charge in [-0.25, -0.2) is 0 Å². The molecule has 0 fully saturated rings. The number of carbonyl (C=O) groups is 1. The third-order valence-electron chi connectivity index (χ3n) is 3.70. The summed E-state index contributed by atoms with van der Waals surface area (Å²) in [6.07, 6.45) is 0. The number of thiophene rings is 1. The Morgan fingerprint density at radius 3 is 2.35 bits per heavy atom. The van der Waals surface area contributed by atoms with Gasteiger partial charge in [0.15, 0.2) is 5.78 Å². The van der Waals surface area contributed by atoms with Gasteiger partial charge in [0, 0.05) is 5.56 Å². The van der Waals surface area contributed by atoms with Gasteiger partial charge in [0.25, 0.3) is 0 Å². The van der Waals surface area contributed by atoms with E-state index in [1.54, 1.807) is 23.5 Å². The van der Waals surface area contributed by atoms with Gasteiger partial charge in [0.2, 0.25) is 0 Å². The van der Waals surface area contributed by atoms with E-state index in [-0.39, 0.29) is 5.78 Å². The van der Waals surface area contributed by atoms with E-state index in [1.165, 1.54) is 6.92 Å². The van der Waals surface area contributed by atoms with Crippen LogP contribution >= 0.6 is 11.3 Å². The fourth-order valence-electron chi connectivity index (χ4n) is 2.46. The second kappa shape index (κ2) is 6.07. The maximum absolute atomic E-state index is 11.4. The van der Waals surface area contributed by atoms with Gasteiger partial charge in [0.05, 0.1) is 22.2 Å². The van der Waals surface area contributed by atoms with Crippen LogP contribution in [0.1, 0.15) is 22.8 Å². The molecule has 3 nitrogen and oxygen atoms in total. The van der Waals surface area contributed by atoms with Crippen LogP contribution in [0, 0.1) is 11.3 Å². The Morgan fingerprint density at radius 2 is 1.78 bits per heavy atom. The van der Waals surface area contributed by atoms with Crippen LogP contribution in [0.4, 0.5) is 5.69 Å². The summed E-state index contributed by atoms with van der Waals surface area (Å²) in [6, 6.07) is 17.2. The lowest BCUT2D eigenvalue weighted by atomic mass is 9.96. The average molecular weight is 318 g/mol. The number of nitrogen functional groups attached to an aromatic ring is 1. The Morgan fingerprint density at radius 1 is 1.09 bits per heavy atom. The molecule has 0 saturated heterocycles. The van der Waals surface area contributed by atoms with Gasteiger partial charge in [0.1, 0.15) is 0 Å². The molecule has 0 unspecified atom stereocenters. The zero-order chi connectivity index (χ0) is 16.4. The van der Waals surface area contributed by atoms with Gasteiger partial charge < -0.3 is 5.73 Å². The monoisotopic (exact) mass is 318 g/mol. The molecule has 2 aromatic carbocycles. The van der Waals surface area contributed by atoms with Gasteiger partial charge in [-0.15, -0.1) is 11.3 Å². The van der Waals surface area contributed by atoms with Crippen molar-refractivity contribution < 1.29 is 4.79 Å². The summed E-state index contributed by atoms with van der Waals surface area (Å²) in [6.45, 7) is 1.50. The van der Waals surface area contributed by atoms with Gasteiger partial charge in [-0.05, 0) is 41.1 Å². The zero-order valence-electron chi connectivity index (χ0n) is 12.5. The number of benzene rings is 2. The SMILES string of the molecule is CC(=O)c1ccc(-c2ccc(-c3sccc3N)cc2)c(C#N)c1. The van der Waals surface area contributed by atoms with Crippen LogP contribution in [-0.4, -0.2) is 5.78 Å². The molecule has 0 radical (unpaired) electrons. The van der Waals surface area contributed by atoms with Crippen LogP contribution in [0.15, 0.2) is 53.9 Å². The second-order valence-corrected chi connectivity index (χ2v) is 6.13. The third kappa shape index (κ3) is 2.87. The summed E-state index contributed by atoms with van der Waals surface area (Å²) in [5.41, 5.74) is 10.6. The summed E-state index contributed by atoms with van der Waals surface area (Å²) in [5.74, 6) is -0.0448. The molecule has 0 aliphatic rings. The van der Waals surface area contributed by atoms with E-state index in [4.69, 9.17) is 5.73 Å². The minimum absolute atomic E-state index is 0.0448. The largest absolute Gasteiger partial charge is 0.398 e. The molecule has 1 aromatic heterocycles. The first-order chi connectivity index (χ1) is 11.1. The van der Waals surface area contributed by atoms with Crippen LogP contribution in [0.5, 0.6) is 0 Å². The maximum Gasteiger partial charge on any atom is 0.159 e. The highest BCUT2D eigenvalue weighted by Gasteiger charge is 2.09. The van der Waals surface area contributed by atoms with Crippen molar-refractivity contribution in [1.29, 1.82) is 5.26 Å². The molecule has 3 rings (SSSR count). The van der Waals surface area contributed by atoms with E-state index in [2.05, 4.69) is 6.07 Å². The number of hydrogen-bond donors (Lipinski definition) is 1. The molecule has 0 amide bonds. The van der Waals surface area contributed by atoms with Crippen LogP contribution in [0.3, 0.4) is 0 Å². The molecule has 0 atom stereocenters. The van der Waals surface area contributed by atoms with E-state index in [0.29, 0.717) is 11.1 Å². The summed E-state index contributed by atoms with van der Waals surface area (Å²) in [7, 11) is 0. The van der Waals surface area contributed by atoms with Crippen molar-refractivity contribution in [2.75, 3.05) is 5.73 Å². The van der Waals surface area contributed by atoms with Crippen molar-refractivity contribution in [2.45, 2.75) is 6.92 Å². The van der Waals surface area contributed by atoms with Crippen molar-refractivity contribution in [3.8, 4) is 27.6 Å². The molecule has 0 saturated carbocycles. The number of carbonyl (C=O) groups excluding carboxylic acids is 1. The van der Waals surface area contributed by atoms with Gasteiger partial charge in [-0.1, -0.05) is 36.4 Å². The predicted octanol–water partition coefficient (Wildman–Crippen LogP) is 4.74. The number of nitrogens with two attached hydrogens (primary N) is 1. The second-order valence-electron chi connectivity index (χ2n) is 5.21. The number of anilines is 1. The van der Waals surface area contributed by atoms with E-state index < -0.39 is 0 Å². The topological polar surface area (TPSA) is 66.9 Å². The molecule has 1 heterocycles.